The van der Waals surface area contributed by atoms with Crippen LogP contribution in [0.4, 0.5) is 5.95 Å². The van der Waals surface area contributed by atoms with Crippen molar-refractivity contribution in [1.82, 2.24) is 9.97 Å². The number of ether oxygens (including phenoxy) is 1. The Labute approximate surface area is 107 Å². The molecule has 1 atom stereocenters. The number of nitrogens with two attached hydrogens (primary N) is 1. The number of carbonyl (C=O) groups is 1. The van der Waals surface area contributed by atoms with Crippen LogP contribution < -0.4 is 11.1 Å². The molecule has 1 aromatic rings. The van der Waals surface area contributed by atoms with Crippen LogP contribution in [0.25, 0.3) is 0 Å². The third-order valence-electron chi connectivity index (χ3n) is 2.42. The normalized spacial score (nSPS) is 12.2. The van der Waals surface area contributed by atoms with Gasteiger partial charge in [0, 0.05) is 25.1 Å². The van der Waals surface area contributed by atoms with Crippen molar-refractivity contribution in [3.05, 3.63) is 17.5 Å². The molecule has 18 heavy (non-hydrogen) atoms. The summed E-state index contributed by atoms with van der Waals surface area (Å²) < 4.78 is 4.91. The highest BCUT2D eigenvalue weighted by Gasteiger charge is 2.14. The van der Waals surface area contributed by atoms with Crippen molar-refractivity contribution in [2.75, 3.05) is 19.0 Å². The molecule has 1 amide bonds. The second-order valence-corrected chi connectivity index (χ2v) is 4.21. The Hall–Kier alpha value is -1.53. The van der Waals surface area contributed by atoms with Gasteiger partial charge in [-0.2, -0.15) is 0 Å². The number of aryl methyl sites for hydroxylation is 2. The number of nitrogens with zero attached hydrogens (tertiary/aromatic N) is 2. The highest BCUT2D eigenvalue weighted by atomic mass is 16.5. The summed E-state index contributed by atoms with van der Waals surface area (Å²) in [4.78, 5) is 20.0. The van der Waals surface area contributed by atoms with E-state index in [1.807, 2.05) is 19.9 Å². The molecule has 0 aromatic carbocycles. The monoisotopic (exact) mass is 252 g/mol. The van der Waals surface area contributed by atoms with Crippen molar-refractivity contribution in [3.63, 3.8) is 0 Å². The number of nitrogens with one attached hydrogen (secondary N) is 1. The van der Waals surface area contributed by atoms with Gasteiger partial charge in [0.15, 0.2) is 0 Å². The number of rotatable bonds is 6. The summed E-state index contributed by atoms with van der Waals surface area (Å²) >= 11 is 0. The molecule has 3 N–H and O–H groups in total. The fourth-order valence-electron chi connectivity index (χ4n) is 1.56. The molecule has 1 rings (SSSR count). The van der Waals surface area contributed by atoms with Gasteiger partial charge in [0.2, 0.25) is 11.9 Å². The molecule has 0 spiro atoms. The van der Waals surface area contributed by atoms with Crippen molar-refractivity contribution < 1.29 is 9.53 Å². The molecule has 0 fully saturated rings. The summed E-state index contributed by atoms with van der Waals surface area (Å²) in [6.07, 6.45) is 1.32. The summed E-state index contributed by atoms with van der Waals surface area (Å²) in [5.74, 6) is 0.0378. The molecule has 6 heteroatoms. The molecule has 0 saturated carbocycles. The van der Waals surface area contributed by atoms with E-state index >= 15 is 0 Å². The van der Waals surface area contributed by atoms with Crippen LogP contribution in [0.5, 0.6) is 0 Å². The van der Waals surface area contributed by atoms with Gasteiger partial charge in [-0.25, -0.2) is 9.97 Å². The fraction of sp³-hybridized carbons (Fsp3) is 0.583. The minimum absolute atomic E-state index is 0.267. The molecule has 1 aromatic heterocycles. The molecule has 100 valence electrons. The van der Waals surface area contributed by atoms with Gasteiger partial charge in [-0.05, 0) is 32.8 Å². The lowest BCUT2D eigenvalue weighted by Crippen LogP contribution is -2.36. The molecule has 6 nitrogen and oxygen atoms in total. The van der Waals surface area contributed by atoms with E-state index in [2.05, 4.69) is 15.3 Å². The average molecular weight is 252 g/mol. The zero-order valence-corrected chi connectivity index (χ0v) is 11.1. The number of hydrogen-bond donors (Lipinski definition) is 2. The first-order chi connectivity index (χ1) is 8.52. The van der Waals surface area contributed by atoms with Gasteiger partial charge in [0.05, 0.1) is 6.04 Å². The maximum Gasteiger partial charge on any atom is 0.243 e. The molecule has 1 unspecified atom stereocenters. The second kappa shape index (κ2) is 7.03. The van der Waals surface area contributed by atoms with Crippen LogP contribution >= 0.6 is 0 Å². The zero-order valence-electron chi connectivity index (χ0n) is 11.1. The Morgan fingerprint density at radius 2 is 2.06 bits per heavy atom. The van der Waals surface area contributed by atoms with E-state index in [4.69, 9.17) is 10.5 Å². The van der Waals surface area contributed by atoms with Crippen LogP contribution in [0, 0.1) is 13.8 Å². The molecule has 0 aliphatic heterocycles. The van der Waals surface area contributed by atoms with E-state index in [-0.39, 0.29) is 5.91 Å². The number of methoxy groups -OCH3 is 1. The lowest BCUT2D eigenvalue weighted by atomic mass is 10.1. The lowest BCUT2D eigenvalue weighted by molar-refractivity contribution is -0.117. The molecular formula is C12H20N4O2. The number of carbonyl (C=O) groups excluding carboxylic acids is 1. The summed E-state index contributed by atoms with van der Waals surface area (Å²) in [5.41, 5.74) is 7.38. The third kappa shape index (κ3) is 4.77. The Bertz CT molecular complexity index is 389. The first-order valence-electron chi connectivity index (χ1n) is 5.90. The van der Waals surface area contributed by atoms with E-state index < -0.39 is 6.04 Å². The molecule has 1 heterocycles. The van der Waals surface area contributed by atoms with Crippen molar-refractivity contribution >= 4 is 11.9 Å². The van der Waals surface area contributed by atoms with E-state index in [0.717, 1.165) is 17.8 Å². The van der Waals surface area contributed by atoms with Crippen LogP contribution in [0.3, 0.4) is 0 Å². The minimum atomic E-state index is -0.565. The fourth-order valence-corrected chi connectivity index (χ4v) is 1.56. The Morgan fingerprint density at radius 1 is 1.44 bits per heavy atom. The van der Waals surface area contributed by atoms with Crippen molar-refractivity contribution in [1.29, 1.82) is 0 Å². The second-order valence-electron chi connectivity index (χ2n) is 4.21. The van der Waals surface area contributed by atoms with Gasteiger partial charge in [-0.1, -0.05) is 0 Å². The molecule has 0 aliphatic rings. The van der Waals surface area contributed by atoms with Crippen LogP contribution in [0.2, 0.25) is 0 Å². The number of amides is 1. The molecule has 0 radical (unpaired) electrons. The highest BCUT2D eigenvalue weighted by molar-refractivity contribution is 5.93. The maximum atomic E-state index is 11.8. The van der Waals surface area contributed by atoms with Gasteiger partial charge in [0.1, 0.15) is 0 Å². The lowest BCUT2D eigenvalue weighted by Gasteiger charge is -2.11. The Morgan fingerprint density at radius 3 is 2.61 bits per heavy atom. The summed E-state index contributed by atoms with van der Waals surface area (Å²) in [6, 6.07) is 1.28. The van der Waals surface area contributed by atoms with Gasteiger partial charge in [0.25, 0.3) is 0 Å². The van der Waals surface area contributed by atoms with Crippen LogP contribution in [0.1, 0.15) is 24.2 Å². The Kier molecular flexibility index (Phi) is 5.67. The summed E-state index contributed by atoms with van der Waals surface area (Å²) in [7, 11) is 1.62. The van der Waals surface area contributed by atoms with Crippen molar-refractivity contribution in [3.8, 4) is 0 Å². The largest absolute Gasteiger partial charge is 0.385 e. The predicted octanol–water partition coefficient (Wildman–Crippen LogP) is 0.786. The molecular weight excluding hydrogens is 232 g/mol. The standard InChI is InChI=1S/C12H20N4O2/c1-8-7-9(2)15-12(14-8)16-11(17)10(13)5-4-6-18-3/h7,10H,4-6,13H2,1-3H3,(H,14,15,16,17). The van der Waals surface area contributed by atoms with Crippen LogP contribution in [0.15, 0.2) is 6.07 Å². The number of anilines is 1. The number of hydrogen-bond acceptors (Lipinski definition) is 5. The van der Waals surface area contributed by atoms with E-state index in [1.54, 1.807) is 7.11 Å². The number of aromatic nitrogens is 2. The van der Waals surface area contributed by atoms with E-state index in [9.17, 15) is 4.79 Å². The molecule has 0 bridgehead atoms. The Balaban J connectivity index is 2.52. The smallest absolute Gasteiger partial charge is 0.243 e. The van der Waals surface area contributed by atoms with Gasteiger partial charge in [-0.3, -0.25) is 10.1 Å². The van der Waals surface area contributed by atoms with Gasteiger partial charge < -0.3 is 10.5 Å². The van der Waals surface area contributed by atoms with Gasteiger partial charge in [-0.15, -0.1) is 0 Å². The predicted molar refractivity (Wildman–Crippen MR) is 69.2 cm³/mol. The first-order valence-corrected chi connectivity index (χ1v) is 5.90. The minimum Gasteiger partial charge on any atom is -0.385 e. The topological polar surface area (TPSA) is 90.1 Å². The summed E-state index contributed by atoms with van der Waals surface area (Å²) in [5, 5.41) is 2.62. The van der Waals surface area contributed by atoms with Crippen molar-refractivity contribution in [2.24, 2.45) is 5.73 Å². The maximum absolute atomic E-state index is 11.8. The third-order valence-corrected chi connectivity index (χ3v) is 2.42. The zero-order chi connectivity index (χ0) is 13.5. The highest BCUT2D eigenvalue weighted by Crippen LogP contribution is 2.05. The SMILES string of the molecule is COCCCC(N)C(=O)Nc1nc(C)cc(C)n1. The molecule has 0 aliphatic carbocycles. The summed E-state index contributed by atoms with van der Waals surface area (Å²) in [6.45, 7) is 4.30. The molecule has 0 saturated heterocycles. The van der Waals surface area contributed by atoms with Crippen LogP contribution in [-0.4, -0.2) is 35.6 Å². The van der Waals surface area contributed by atoms with E-state index in [0.29, 0.717) is 19.0 Å². The quantitative estimate of drug-likeness (QED) is 0.730. The van der Waals surface area contributed by atoms with Crippen LogP contribution in [-0.2, 0) is 9.53 Å². The van der Waals surface area contributed by atoms with Crippen molar-refractivity contribution in [2.45, 2.75) is 32.7 Å². The average Bonchev–Trinajstić information content (AvgIpc) is 2.27. The van der Waals surface area contributed by atoms with E-state index in [1.165, 1.54) is 0 Å². The first kappa shape index (κ1) is 14.5. The van der Waals surface area contributed by atoms with Gasteiger partial charge >= 0.3 is 0 Å².